The van der Waals surface area contributed by atoms with Crippen LogP contribution < -0.4 is 9.46 Å². The van der Waals surface area contributed by atoms with Crippen molar-refractivity contribution in [1.29, 1.82) is 0 Å². The van der Waals surface area contributed by atoms with Gasteiger partial charge in [0.05, 0.1) is 27.1 Å². The normalized spacial score (nSPS) is 16.5. The van der Waals surface area contributed by atoms with E-state index in [1.807, 2.05) is 7.05 Å². The molecule has 1 aliphatic heterocycles. The van der Waals surface area contributed by atoms with E-state index in [-0.39, 0.29) is 14.9 Å². The Morgan fingerprint density at radius 2 is 1.61 bits per heavy atom. The molecule has 0 spiro atoms. The predicted octanol–water partition coefficient (Wildman–Crippen LogP) is 2.04. The zero-order chi connectivity index (χ0) is 22.2. The van der Waals surface area contributed by atoms with Crippen LogP contribution in [0.3, 0.4) is 0 Å². The second-order valence-corrected chi connectivity index (χ2v) is 11.8. The number of nitrogens with zero attached hydrogens (tertiary/aromatic N) is 3. The van der Waals surface area contributed by atoms with E-state index in [4.69, 9.17) is 4.74 Å². The number of ether oxygens (including phenoxy) is 1. The fourth-order valence-corrected chi connectivity index (χ4v) is 6.88. The molecule has 4 rings (SSSR count). The number of hydrogen-bond acceptors (Lipinski definition) is 8. The number of nitrogens with one attached hydrogen (secondary N) is 1. The largest absolute Gasteiger partial charge is 0.497 e. The molecule has 3 aromatic rings. The summed E-state index contributed by atoms with van der Waals surface area (Å²) in [5, 5.41) is 0.167. The molecule has 2 heterocycles. The second kappa shape index (κ2) is 8.36. The molecule has 0 atom stereocenters. The van der Waals surface area contributed by atoms with Crippen LogP contribution in [0, 0.1) is 0 Å². The molecule has 0 bridgehead atoms. The van der Waals surface area contributed by atoms with Gasteiger partial charge in [-0.3, -0.25) is 4.72 Å². The highest BCUT2D eigenvalue weighted by atomic mass is 32.2. The molecule has 0 amide bonds. The standard InChI is InChI=1S/C19H22N4O5S3/c1-22-9-11-23(12-10-22)31(26,27)16-7-8-17-18(13-16)29-19(20-17)21-30(24,25)15-5-3-14(28-2)4-6-15/h3-8,13H,9-12H2,1-2H3,(H,20,21). The molecule has 1 saturated heterocycles. The summed E-state index contributed by atoms with van der Waals surface area (Å²) in [4.78, 5) is 6.63. The fourth-order valence-electron chi connectivity index (χ4n) is 3.22. The van der Waals surface area contributed by atoms with Crippen LogP contribution in [0.2, 0.25) is 0 Å². The van der Waals surface area contributed by atoms with E-state index >= 15 is 0 Å². The van der Waals surface area contributed by atoms with Gasteiger partial charge in [-0.25, -0.2) is 21.8 Å². The smallest absolute Gasteiger partial charge is 0.263 e. The van der Waals surface area contributed by atoms with Crippen LogP contribution in [0.25, 0.3) is 10.2 Å². The average molecular weight is 483 g/mol. The Hall–Kier alpha value is -2.25. The first-order valence-corrected chi connectivity index (χ1v) is 13.2. The van der Waals surface area contributed by atoms with Crippen molar-refractivity contribution in [1.82, 2.24) is 14.2 Å². The number of fused-ring (bicyclic) bond motifs is 1. The Morgan fingerprint density at radius 1 is 0.968 bits per heavy atom. The third-order valence-electron chi connectivity index (χ3n) is 5.05. The second-order valence-electron chi connectivity index (χ2n) is 7.14. The van der Waals surface area contributed by atoms with Crippen LogP contribution in [-0.2, 0) is 20.0 Å². The molecule has 0 radical (unpaired) electrons. The van der Waals surface area contributed by atoms with Gasteiger partial charge in [0.15, 0.2) is 5.13 Å². The molecular formula is C19H22N4O5S3. The summed E-state index contributed by atoms with van der Waals surface area (Å²) < 4.78 is 60.8. The molecule has 2 aromatic carbocycles. The maximum absolute atomic E-state index is 13.0. The monoisotopic (exact) mass is 482 g/mol. The minimum Gasteiger partial charge on any atom is -0.497 e. The third kappa shape index (κ3) is 4.53. The number of anilines is 1. The molecular weight excluding hydrogens is 460 g/mol. The van der Waals surface area contributed by atoms with Gasteiger partial charge >= 0.3 is 0 Å². The SMILES string of the molecule is COc1ccc(S(=O)(=O)Nc2nc3ccc(S(=O)(=O)N4CCN(C)CC4)cc3s2)cc1. The van der Waals surface area contributed by atoms with Crippen molar-refractivity contribution in [3.8, 4) is 5.75 Å². The maximum atomic E-state index is 13.0. The average Bonchev–Trinajstić information content (AvgIpc) is 3.14. The quantitative estimate of drug-likeness (QED) is 0.573. The number of thiazole rings is 1. The van der Waals surface area contributed by atoms with Crippen molar-refractivity contribution in [2.45, 2.75) is 9.79 Å². The number of aromatic nitrogens is 1. The van der Waals surface area contributed by atoms with Gasteiger partial charge in [-0.15, -0.1) is 0 Å². The summed E-state index contributed by atoms with van der Waals surface area (Å²) in [6.45, 7) is 2.23. The van der Waals surface area contributed by atoms with Gasteiger partial charge in [0.2, 0.25) is 10.0 Å². The molecule has 31 heavy (non-hydrogen) atoms. The lowest BCUT2D eigenvalue weighted by atomic mass is 10.3. The molecule has 0 saturated carbocycles. The minimum absolute atomic E-state index is 0.0749. The Balaban J connectivity index is 1.58. The van der Waals surface area contributed by atoms with Crippen LogP contribution in [0.4, 0.5) is 5.13 Å². The van der Waals surface area contributed by atoms with Gasteiger partial charge in [-0.2, -0.15) is 4.31 Å². The van der Waals surface area contributed by atoms with Crippen LogP contribution in [0.1, 0.15) is 0 Å². The van der Waals surface area contributed by atoms with Crippen LogP contribution >= 0.6 is 11.3 Å². The molecule has 9 nitrogen and oxygen atoms in total. The fraction of sp³-hybridized carbons (Fsp3) is 0.316. The zero-order valence-corrected chi connectivity index (χ0v) is 19.4. The first kappa shape index (κ1) is 22.0. The van der Waals surface area contributed by atoms with Crippen LogP contribution in [0.15, 0.2) is 52.3 Å². The van der Waals surface area contributed by atoms with Crippen molar-refractivity contribution in [2.24, 2.45) is 0 Å². The molecule has 1 fully saturated rings. The van der Waals surface area contributed by atoms with E-state index in [1.165, 1.54) is 29.6 Å². The molecule has 0 aliphatic carbocycles. The van der Waals surface area contributed by atoms with Crippen molar-refractivity contribution in [3.05, 3.63) is 42.5 Å². The van der Waals surface area contributed by atoms with E-state index in [0.29, 0.717) is 42.1 Å². The van der Waals surface area contributed by atoms with Gasteiger partial charge in [0, 0.05) is 26.2 Å². The molecule has 1 aliphatic rings. The van der Waals surface area contributed by atoms with Crippen molar-refractivity contribution in [2.75, 3.05) is 45.1 Å². The third-order valence-corrected chi connectivity index (χ3v) is 9.36. The van der Waals surface area contributed by atoms with Gasteiger partial charge in [-0.1, -0.05) is 11.3 Å². The van der Waals surface area contributed by atoms with Gasteiger partial charge in [-0.05, 0) is 49.5 Å². The lowest BCUT2D eigenvalue weighted by Crippen LogP contribution is -2.46. The van der Waals surface area contributed by atoms with Gasteiger partial charge in [0.1, 0.15) is 5.75 Å². The molecule has 12 heteroatoms. The van der Waals surface area contributed by atoms with E-state index < -0.39 is 20.0 Å². The first-order valence-electron chi connectivity index (χ1n) is 9.45. The topological polar surface area (TPSA) is 109 Å². The summed E-state index contributed by atoms with van der Waals surface area (Å²) in [5.41, 5.74) is 0.523. The Morgan fingerprint density at radius 3 is 2.26 bits per heavy atom. The number of hydrogen-bond donors (Lipinski definition) is 1. The maximum Gasteiger partial charge on any atom is 0.263 e. The Kier molecular flexibility index (Phi) is 5.92. The lowest BCUT2D eigenvalue weighted by Gasteiger charge is -2.31. The van der Waals surface area contributed by atoms with Crippen LogP contribution in [-0.4, -0.2) is 71.4 Å². The summed E-state index contributed by atoms with van der Waals surface area (Å²) >= 11 is 1.09. The molecule has 166 valence electrons. The summed E-state index contributed by atoms with van der Waals surface area (Å²) in [5.74, 6) is 0.549. The highest BCUT2D eigenvalue weighted by Gasteiger charge is 2.28. The van der Waals surface area contributed by atoms with E-state index in [2.05, 4.69) is 14.6 Å². The number of likely N-dealkylation sites (N-methyl/N-ethyl adjacent to an activating group) is 1. The molecule has 1 aromatic heterocycles. The van der Waals surface area contributed by atoms with Crippen molar-refractivity contribution in [3.63, 3.8) is 0 Å². The van der Waals surface area contributed by atoms with Gasteiger partial charge < -0.3 is 9.64 Å². The Labute approximate surface area is 185 Å². The van der Waals surface area contributed by atoms with E-state index in [9.17, 15) is 16.8 Å². The number of rotatable bonds is 6. The number of benzene rings is 2. The summed E-state index contributed by atoms with van der Waals surface area (Å²) in [6, 6.07) is 10.7. The van der Waals surface area contributed by atoms with E-state index in [1.54, 1.807) is 24.3 Å². The summed E-state index contributed by atoms with van der Waals surface area (Å²) in [6.07, 6.45) is 0. The lowest BCUT2D eigenvalue weighted by molar-refractivity contribution is 0.222. The molecule has 0 unspecified atom stereocenters. The van der Waals surface area contributed by atoms with Crippen molar-refractivity contribution < 1.29 is 21.6 Å². The Bertz CT molecular complexity index is 1300. The summed E-state index contributed by atoms with van der Waals surface area (Å²) in [7, 11) is -3.99. The molecule has 1 N–H and O–H groups in total. The minimum atomic E-state index is -3.84. The van der Waals surface area contributed by atoms with Gasteiger partial charge in [0.25, 0.3) is 10.0 Å². The predicted molar refractivity (Wildman–Crippen MR) is 120 cm³/mol. The highest BCUT2D eigenvalue weighted by Crippen LogP contribution is 2.31. The number of methoxy groups -OCH3 is 1. The highest BCUT2D eigenvalue weighted by molar-refractivity contribution is 7.93. The van der Waals surface area contributed by atoms with Crippen molar-refractivity contribution >= 4 is 46.7 Å². The number of piperazine rings is 1. The first-order chi connectivity index (χ1) is 14.7. The number of sulfonamides is 2. The van der Waals surface area contributed by atoms with Crippen LogP contribution in [0.5, 0.6) is 5.75 Å². The zero-order valence-electron chi connectivity index (χ0n) is 17.0. The van der Waals surface area contributed by atoms with E-state index in [0.717, 1.165) is 11.3 Å².